The van der Waals surface area contributed by atoms with Crippen molar-refractivity contribution in [3.05, 3.63) is 81.4 Å². The number of aryl methyl sites for hydroxylation is 2. The minimum atomic E-state index is -0.152. The number of benzene rings is 3. The van der Waals surface area contributed by atoms with Crippen molar-refractivity contribution in [2.45, 2.75) is 39.0 Å². The summed E-state index contributed by atoms with van der Waals surface area (Å²) < 4.78 is 0. The van der Waals surface area contributed by atoms with Gasteiger partial charge >= 0.3 is 0 Å². The molecule has 3 aromatic rings. The molecule has 0 fully saturated rings. The fraction of sp³-hybridized carbons (Fsp3) is 0.250. The molecule has 0 saturated heterocycles. The third kappa shape index (κ3) is 3.26. The van der Waals surface area contributed by atoms with Crippen LogP contribution in [0.3, 0.4) is 0 Å². The van der Waals surface area contributed by atoms with Gasteiger partial charge in [-0.05, 0) is 96.2 Å². The second-order valence-corrected chi connectivity index (χ2v) is 7.87. The zero-order chi connectivity index (χ0) is 20.0. The number of phenols is 4. The summed E-state index contributed by atoms with van der Waals surface area (Å²) in [5.74, 6) is 0.398. The topological polar surface area (TPSA) is 80.9 Å². The smallest absolute Gasteiger partial charge is 0.122 e. The van der Waals surface area contributed by atoms with Gasteiger partial charge in [-0.15, -0.1) is 0 Å². The lowest BCUT2D eigenvalue weighted by Gasteiger charge is -2.27. The molecule has 0 heterocycles. The third-order valence-corrected chi connectivity index (χ3v) is 5.66. The van der Waals surface area contributed by atoms with E-state index >= 15 is 0 Å². The SMILES string of the molecule is Cc1cc(O)c2c(c1)Cc1cc(C)cc(O)c1CC(c1ccc(O)cc1O)C2. The van der Waals surface area contributed by atoms with Crippen molar-refractivity contribution >= 4 is 0 Å². The zero-order valence-corrected chi connectivity index (χ0v) is 16.0. The standard InChI is InChI=1S/C24H24O4/c1-13-5-15-9-16-6-14(2)8-23(27)21(16)11-17(10-20(15)22(26)7-13)19-4-3-18(25)12-24(19)28/h3-8,12,17,25-28H,9-11H2,1-2H3. The number of aromatic hydroxyl groups is 4. The summed E-state index contributed by atoms with van der Waals surface area (Å²) in [5.41, 5.74) is 6.47. The highest BCUT2D eigenvalue weighted by Crippen LogP contribution is 2.41. The first kappa shape index (κ1) is 18.2. The van der Waals surface area contributed by atoms with Crippen LogP contribution in [0.15, 0.2) is 42.5 Å². The third-order valence-electron chi connectivity index (χ3n) is 5.66. The van der Waals surface area contributed by atoms with Gasteiger partial charge in [-0.1, -0.05) is 18.2 Å². The average molecular weight is 376 g/mol. The molecule has 1 aliphatic rings. The van der Waals surface area contributed by atoms with Crippen LogP contribution in [-0.4, -0.2) is 20.4 Å². The van der Waals surface area contributed by atoms with Gasteiger partial charge in [0.15, 0.2) is 0 Å². The molecule has 4 nitrogen and oxygen atoms in total. The van der Waals surface area contributed by atoms with Crippen LogP contribution >= 0.6 is 0 Å². The van der Waals surface area contributed by atoms with Gasteiger partial charge in [0.05, 0.1) is 0 Å². The minimum absolute atomic E-state index is 0.00448. The highest BCUT2D eigenvalue weighted by molar-refractivity contribution is 5.53. The fourth-order valence-electron chi connectivity index (χ4n) is 4.40. The van der Waals surface area contributed by atoms with Crippen LogP contribution in [0.5, 0.6) is 23.0 Å². The summed E-state index contributed by atoms with van der Waals surface area (Å²) >= 11 is 0. The molecular weight excluding hydrogens is 352 g/mol. The van der Waals surface area contributed by atoms with E-state index in [0.717, 1.165) is 33.4 Å². The first-order valence-corrected chi connectivity index (χ1v) is 9.46. The van der Waals surface area contributed by atoms with Crippen molar-refractivity contribution in [2.75, 3.05) is 0 Å². The van der Waals surface area contributed by atoms with E-state index in [9.17, 15) is 20.4 Å². The molecule has 4 rings (SSSR count). The van der Waals surface area contributed by atoms with E-state index in [-0.39, 0.29) is 28.9 Å². The molecule has 0 radical (unpaired) electrons. The molecule has 28 heavy (non-hydrogen) atoms. The Balaban J connectivity index is 1.93. The summed E-state index contributed by atoms with van der Waals surface area (Å²) in [4.78, 5) is 0. The number of hydrogen-bond acceptors (Lipinski definition) is 4. The highest BCUT2D eigenvalue weighted by Gasteiger charge is 2.26. The van der Waals surface area contributed by atoms with Gasteiger partial charge in [0, 0.05) is 6.07 Å². The molecule has 0 aromatic heterocycles. The molecule has 0 amide bonds. The van der Waals surface area contributed by atoms with Crippen LogP contribution in [0.25, 0.3) is 0 Å². The Labute approximate surface area is 164 Å². The summed E-state index contributed by atoms with van der Waals surface area (Å²) in [6, 6.07) is 12.3. The largest absolute Gasteiger partial charge is 0.508 e. The molecule has 4 heteroatoms. The number of hydrogen-bond donors (Lipinski definition) is 4. The molecule has 3 aromatic carbocycles. The Morgan fingerprint density at radius 1 is 0.679 bits per heavy atom. The second kappa shape index (κ2) is 6.79. The van der Waals surface area contributed by atoms with E-state index in [0.29, 0.717) is 24.8 Å². The summed E-state index contributed by atoms with van der Waals surface area (Å²) in [6.07, 6.45) is 1.71. The van der Waals surface area contributed by atoms with Crippen LogP contribution in [0.2, 0.25) is 0 Å². The van der Waals surface area contributed by atoms with Crippen molar-refractivity contribution in [3.63, 3.8) is 0 Å². The van der Waals surface area contributed by atoms with Crippen LogP contribution in [0, 0.1) is 13.8 Å². The number of rotatable bonds is 1. The van der Waals surface area contributed by atoms with Crippen LogP contribution < -0.4 is 0 Å². The average Bonchev–Trinajstić information content (AvgIpc) is 2.57. The zero-order valence-electron chi connectivity index (χ0n) is 16.0. The maximum Gasteiger partial charge on any atom is 0.122 e. The van der Waals surface area contributed by atoms with E-state index in [1.54, 1.807) is 24.3 Å². The lowest BCUT2D eigenvalue weighted by molar-refractivity contribution is 0.433. The molecule has 144 valence electrons. The Morgan fingerprint density at radius 2 is 1.21 bits per heavy atom. The lowest BCUT2D eigenvalue weighted by Crippen LogP contribution is -2.14. The summed E-state index contributed by atoms with van der Waals surface area (Å²) in [7, 11) is 0. The predicted molar refractivity (Wildman–Crippen MR) is 108 cm³/mol. The van der Waals surface area contributed by atoms with E-state index in [4.69, 9.17) is 0 Å². The first-order chi connectivity index (χ1) is 13.3. The monoisotopic (exact) mass is 376 g/mol. The van der Waals surface area contributed by atoms with Crippen molar-refractivity contribution in [1.29, 1.82) is 0 Å². The molecule has 0 unspecified atom stereocenters. The molecule has 1 aliphatic carbocycles. The van der Waals surface area contributed by atoms with Crippen LogP contribution in [0.1, 0.15) is 44.9 Å². The second-order valence-electron chi connectivity index (χ2n) is 7.87. The van der Waals surface area contributed by atoms with Crippen molar-refractivity contribution in [3.8, 4) is 23.0 Å². The minimum Gasteiger partial charge on any atom is -0.508 e. The summed E-state index contributed by atoms with van der Waals surface area (Å²) in [6.45, 7) is 3.91. The first-order valence-electron chi connectivity index (χ1n) is 9.46. The maximum absolute atomic E-state index is 10.6. The fourth-order valence-corrected chi connectivity index (χ4v) is 4.40. The number of phenolic OH excluding ortho intramolecular Hbond substituents is 4. The molecule has 0 saturated carbocycles. The van der Waals surface area contributed by atoms with Gasteiger partial charge in [-0.2, -0.15) is 0 Å². The summed E-state index contributed by atoms with van der Waals surface area (Å²) in [5, 5.41) is 41.4. The Hall–Kier alpha value is -3.14. The molecule has 0 bridgehead atoms. The van der Waals surface area contributed by atoms with Gasteiger partial charge in [-0.25, -0.2) is 0 Å². The Kier molecular flexibility index (Phi) is 4.42. The predicted octanol–water partition coefficient (Wildman–Crippen LogP) is 4.60. The maximum atomic E-state index is 10.6. The van der Waals surface area contributed by atoms with Crippen molar-refractivity contribution in [2.24, 2.45) is 0 Å². The molecule has 0 spiro atoms. The van der Waals surface area contributed by atoms with Gasteiger partial charge < -0.3 is 20.4 Å². The Bertz CT molecular complexity index is 1010. The number of fused-ring (bicyclic) bond motifs is 2. The van der Waals surface area contributed by atoms with Crippen molar-refractivity contribution < 1.29 is 20.4 Å². The molecule has 0 aliphatic heterocycles. The van der Waals surface area contributed by atoms with E-state index in [1.165, 1.54) is 6.07 Å². The van der Waals surface area contributed by atoms with Crippen LogP contribution in [-0.2, 0) is 19.3 Å². The van der Waals surface area contributed by atoms with Gasteiger partial charge in [0.1, 0.15) is 23.0 Å². The molecule has 4 N–H and O–H groups in total. The van der Waals surface area contributed by atoms with Crippen LogP contribution in [0.4, 0.5) is 0 Å². The van der Waals surface area contributed by atoms with E-state index < -0.39 is 0 Å². The highest BCUT2D eigenvalue weighted by atomic mass is 16.3. The normalized spacial score (nSPS) is 14.1. The van der Waals surface area contributed by atoms with Crippen molar-refractivity contribution in [1.82, 2.24) is 0 Å². The molecule has 0 atom stereocenters. The van der Waals surface area contributed by atoms with E-state index in [1.807, 2.05) is 13.8 Å². The Morgan fingerprint density at radius 3 is 1.71 bits per heavy atom. The quantitative estimate of drug-likeness (QED) is 0.500. The lowest BCUT2D eigenvalue weighted by atomic mass is 9.78. The van der Waals surface area contributed by atoms with Gasteiger partial charge in [-0.3, -0.25) is 0 Å². The van der Waals surface area contributed by atoms with Gasteiger partial charge in [0.2, 0.25) is 0 Å². The molecular formula is C24H24O4. The van der Waals surface area contributed by atoms with E-state index in [2.05, 4.69) is 12.1 Å². The van der Waals surface area contributed by atoms with Gasteiger partial charge in [0.25, 0.3) is 0 Å².